The van der Waals surface area contributed by atoms with Crippen molar-refractivity contribution in [3.63, 3.8) is 0 Å². The third kappa shape index (κ3) is 5.77. The van der Waals surface area contributed by atoms with Crippen molar-refractivity contribution in [3.8, 4) is 0 Å². The highest BCUT2D eigenvalue weighted by molar-refractivity contribution is 5.76. The van der Waals surface area contributed by atoms with Gasteiger partial charge in [-0.1, -0.05) is 19.9 Å². The van der Waals surface area contributed by atoms with Crippen molar-refractivity contribution in [2.45, 2.75) is 64.6 Å². The van der Waals surface area contributed by atoms with Gasteiger partial charge in [0.25, 0.3) is 0 Å². The van der Waals surface area contributed by atoms with E-state index in [9.17, 15) is 19.3 Å². The molecule has 138 valence electrons. The molecule has 1 aliphatic carbocycles. The number of hydrogen-bond donors (Lipinski definition) is 1. The maximum Gasteiger partial charge on any atom is 0.323 e. The van der Waals surface area contributed by atoms with E-state index in [-0.39, 0.29) is 24.5 Å². The second-order valence-corrected chi connectivity index (χ2v) is 6.95. The molecule has 0 amide bonds. The molecule has 1 unspecified atom stereocenters. The Balaban J connectivity index is 2.00. The van der Waals surface area contributed by atoms with Crippen LogP contribution in [0.3, 0.4) is 0 Å². The molecule has 6 nitrogen and oxygen atoms in total. The van der Waals surface area contributed by atoms with Crippen LogP contribution in [-0.4, -0.2) is 23.0 Å². The highest BCUT2D eigenvalue weighted by atomic mass is 19.1. The highest BCUT2D eigenvalue weighted by Crippen LogP contribution is 2.22. The van der Waals surface area contributed by atoms with Crippen LogP contribution in [0.15, 0.2) is 18.2 Å². The monoisotopic (exact) mass is 352 g/mol. The first-order valence-electron chi connectivity index (χ1n) is 8.73. The number of halogens is 1. The quantitative estimate of drug-likeness (QED) is 0.438. The van der Waals surface area contributed by atoms with Crippen molar-refractivity contribution >= 4 is 11.7 Å². The predicted molar refractivity (Wildman–Crippen MR) is 91.5 cm³/mol. The van der Waals surface area contributed by atoms with Gasteiger partial charge in [-0.2, -0.15) is 4.39 Å². The van der Waals surface area contributed by atoms with Crippen LogP contribution >= 0.6 is 0 Å². The number of carbonyl (C=O) groups excluding carboxylic acids is 1. The van der Waals surface area contributed by atoms with Gasteiger partial charge in [0.05, 0.1) is 4.92 Å². The first-order chi connectivity index (χ1) is 11.9. The molecule has 0 saturated heterocycles. The van der Waals surface area contributed by atoms with Crippen LogP contribution in [-0.2, 0) is 16.1 Å². The molecular formula is C18H25FN2O4. The van der Waals surface area contributed by atoms with Gasteiger partial charge >= 0.3 is 11.7 Å². The molecule has 0 aromatic heterocycles. The molecule has 0 heterocycles. The number of ether oxygens (including phenoxy) is 1. The van der Waals surface area contributed by atoms with E-state index < -0.39 is 22.5 Å². The van der Waals surface area contributed by atoms with Gasteiger partial charge in [-0.3, -0.25) is 14.9 Å². The molecule has 0 bridgehead atoms. The van der Waals surface area contributed by atoms with Gasteiger partial charge in [0, 0.05) is 12.6 Å². The van der Waals surface area contributed by atoms with E-state index in [4.69, 9.17) is 4.74 Å². The lowest BCUT2D eigenvalue weighted by Gasteiger charge is -2.21. The van der Waals surface area contributed by atoms with Crippen molar-refractivity contribution in [1.82, 2.24) is 5.32 Å². The summed E-state index contributed by atoms with van der Waals surface area (Å²) < 4.78 is 19.0. The number of hydrogen-bond acceptors (Lipinski definition) is 5. The Hall–Kier alpha value is -2.02. The number of carbonyl (C=O) groups is 1. The van der Waals surface area contributed by atoms with Gasteiger partial charge in [0.1, 0.15) is 12.1 Å². The summed E-state index contributed by atoms with van der Waals surface area (Å²) >= 11 is 0. The van der Waals surface area contributed by atoms with E-state index in [1.54, 1.807) is 0 Å². The second-order valence-electron chi connectivity index (χ2n) is 6.95. The van der Waals surface area contributed by atoms with Crippen LogP contribution in [0.2, 0.25) is 0 Å². The van der Waals surface area contributed by atoms with Crippen molar-refractivity contribution in [1.29, 1.82) is 0 Å². The minimum Gasteiger partial charge on any atom is -0.461 e. The summed E-state index contributed by atoms with van der Waals surface area (Å²) in [5.41, 5.74) is -0.0104. The number of benzene rings is 1. The largest absolute Gasteiger partial charge is 0.461 e. The predicted octanol–water partition coefficient (Wildman–Crippen LogP) is 3.72. The van der Waals surface area contributed by atoms with Gasteiger partial charge in [-0.15, -0.1) is 0 Å². The fraction of sp³-hybridized carbons (Fsp3) is 0.611. The van der Waals surface area contributed by atoms with E-state index in [1.165, 1.54) is 12.1 Å². The minimum absolute atomic E-state index is 0.00382. The third-order valence-corrected chi connectivity index (χ3v) is 4.34. The lowest BCUT2D eigenvalue weighted by Crippen LogP contribution is -2.40. The standard InChI is InChI=1S/C18H25FN2O4/c1-12(2)9-16(18(22)25-14-5-3-4-6-14)20-11-13-7-8-15(19)17(10-13)21(23)24/h7-8,10,12,14,16,20H,3-6,9,11H2,1-2H3. The van der Waals surface area contributed by atoms with Crippen LogP contribution in [0.1, 0.15) is 51.5 Å². The van der Waals surface area contributed by atoms with Crippen LogP contribution in [0, 0.1) is 21.8 Å². The lowest BCUT2D eigenvalue weighted by molar-refractivity contribution is -0.387. The first-order valence-corrected chi connectivity index (χ1v) is 8.73. The van der Waals surface area contributed by atoms with Crippen molar-refractivity contribution in [3.05, 3.63) is 39.7 Å². The molecule has 1 atom stereocenters. The zero-order chi connectivity index (χ0) is 18.4. The molecule has 2 rings (SSSR count). The van der Waals surface area contributed by atoms with E-state index in [0.717, 1.165) is 31.7 Å². The van der Waals surface area contributed by atoms with Crippen molar-refractivity contribution in [2.24, 2.45) is 5.92 Å². The molecule has 0 spiro atoms. The van der Waals surface area contributed by atoms with E-state index in [0.29, 0.717) is 12.0 Å². The van der Waals surface area contributed by atoms with Crippen molar-refractivity contribution in [2.75, 3.05) is 0 Å². The Labute approximate surface area is 146 Å². The molecule has 1 aliphatic rings. The zero-order valence-electron chi connectivity index (χ0n) is 14.7. The highest BCUT2D eigenvalue weighted by Gasteiger charge is 2.26. The van der Waals surface area contributed by atoms with Crippen molar-refractivity contribution < 1.29 is 18.8 Å². The van der Waals surface area contributed by atoms with Gasteiger partial charge in [-0.25, -0.2) is 0 Å². The smallest absolute Gasteiger partial charge is 0.323 e. The summed E-state index contributed by atoms with van der Waals surface area (Å²) in [6.45, 7) is 4.26. The maximum atomic E-state index is 13.4. The summed E-state index contributed by atoms with van der Waals surface area (Å²) in [5, 5.41) is 13.9. The zero-order valence-corrected chi connectivity index (χ0v) is 14.7. The van der Waals surface area contributed by atoms with E-state index >= 15 is 0 Å². The molecule has 0 radical (unpaired) electrons. The summed E-state index contributed by atoms with van der Waals surface area (Å²) in [7, 11) is 0. The number of rotatable bonds is 8. The van der Waals surface area contributed by atoms with Gasteiger partial charge < -0.3 is 10.1 Å². The van der Waals surface area contributed by atoms with Crippen LogP contribution in [0.25, 0.3) is 0 Å². The Morgan fingerprint density at radius 3 is 2.68 bits per heavy atom. The number of esters is 1. The number of nitrogens with one attached hydrogen (secondary N) is 1. The Morgan fingerprint density at radius 1 is 1.40 bits per heavy atom. The van der Waals surface area contributed by atoms with Gasteiger partial charge in [0.15, 0.2) is 0 Å². The fourth-order valence-electron chi connectivity index (χ4n) is 3.04. The number of nitro groups is 1. The molecule has 1 saturated carbocycles. The summed E-state index contributed by atoms with van der Waals surface area (Å²) in [4.78, 5) is 22.5. The summed E-state index contributed by atoms with van der Waals surface area (Å²) in [6, 6.07) is 3.26. The first kappa shape index (κ1) is 19.3. The SMILES string of the molecule is CC(C)CC(NCc1ccc(F)c([N+](=O)[O-])c1)C(=O)OC1CCCC1. The maximum absolute atomic E-state index is 13.4. The molecule has 1 N–H and O–H groups in total. The Morgan fingerprint density at radius 2 is 2.08 bits per heavy atom. The number of nitro benzene ring substituents is 1. The normalized spacial score (nSPS) is 16.2. The molecule has 1 aromatic rings. The topological polar surface area (TPSA) is 81.5 Å². The summed E-state index contributed by atoms with van der Waals surface area (Å²) in [6.07, 6.45) is 4.58. The van der Waals surface area contributed by atoms with Gasteiger partial charge in [0.2, 0.25) is 5.82 Å². The Bertz CT molecular complexity index is 615. The van der Waals surface area contributed by atoms with E-state index in [1.807, 2.05) is 13.8 Å². The molecular weight excluding hydrogens is 327 g/mol. The Kier molecular flexibility index (Phi) is 6.87. The van der Waals surface area contributed by atoms with Crippen LogP contribution in [0.5, 0.6) is 0 Å². The number of nitrogens with zero attached hydrogens (tertiary/aromatic N) is 1. The molecule has 1 aromatic carbocycles. The average Bonchev–Trinajstić information content (AvgIpc) is 3.04. The fourth-order valence-corrected chi connectivity index (χ4v) is 3.04. The lowest BCUT2D eigenvalue weighted by atomic mass is 10.0. The van der Waals surface area contributed by atoms with Crippen LogP contribution in [0.4, 0.5) is 10.1 Å². The second kappa shape index (κ2) is 8.89. The van der Waals surface area contributed by atoms with Gasteiger partial charge in [-0.05, 0) is 49.7 Å². The minimum atomic E-state index is -0.867. The van der Waals surface area contributed by atoms with Crippen LogP contribution < -0.4 is 5.32 Å². The van der Waals surface area contributed by atoms with E-state index in [2.05, 4.69) is 5.32 Å². The molecule has 7 heteroatoms. The molecule has 0 aliphatic heterocycles. The molecule has 1 fully saturated rings. The average molecular weight is 352 g/mol. The third-order valence-electron chi connectivity index (χ3n) is 4.34. The molecule has 25 heavy (non-hydrogen) atoms. The summed E-state index contributed by atoms with van der Waals surface area (Å²) in [5.74, 6) is -0.860.